The van der Waals surface area contributed by atoms with E-state index >= 15 is 0 Å². The second-order valence-electron chi connectivity index (χ2n) is 2.83. The van der Waals surface area contributed by atoms with Crippen LogP contribution in [-0.2, 0) is 20.2 Å². The molecule has 0 aromatic rings. The molecule has 0 spiro atoms. The van der Waals surface area contributed by atoms with Gasteiger partial charge in [0.05, 0.1) is 0 Å². The quantitative estimate of drug-likeness (QED) is 0.515. The van der Waals surface area contributed by atoms with E-state index in [2.05, 4.69) is 0 Å². The van der Waals surface area contributed by atoms with Crippen molar-refractivity contribution in [3.8, 4) is 0 Å². The van der Waals surface area contributed by atoms with Gasteiger partial charge >= 0.3 is 0 Å². The topological polar surface area (TPSA) is 155 Å². The molecule has 0 bridgehead atoms. The van der Waals surface area contributed by atoms with Gasteiger partial charge in [0.1, 0.15) is 31.1 Å². The third-order valence-electron chi connectivity index (χ3n) is 1.57. The first-order valence-corrected chi connectivity index (χ1v) is 6.75. The van der Waals surface area contributed by atoms with Crippen LogP contribution in [0.2, 0.25) is 0 Å². The van der Waals surface area contributed by atoms with Gasteiger partial charge in [-0.3, -0.25) is 0 Å². The molecule has 15 heavy (non-hydrogen) atoms. The fourth-order valence-electron chi connectivity index (χ4n) is 0.756. The molecule has 0 aliphatic carbocycles. The highest BCUT2D eigenvalue weighted by molar-refractivity contribution is 7.86. The molecule has 0 aliphatic rings. The second-order valence-corrected chi connectivity index (χ2v) is 5.89. The SMILES string of the molecule is O=S(=O)([O-])[C@@H](O)CCC[C@H](O)S(=O)(=O)[O-]. The fourth-order valence-corrected chi connectivity index (χ4v) is 1.67. The van der Waals surface area contributed by atoms with Crippen LogP contribution in [0.1, 0.15) is 19.3 Å². The first-order valence-electron chi connectivity index (χ1n) is 3.80. The van der Waals surface area contributed by atoms with Gasteiger partial charge in [-0.1, -0.05) is 0 Å². The van der Waals surface area contributed by atoms with Gasteiger partial charge in [-0.05, 0) is 19.3 Å². The molecule has 0 fully saturated rings. The maximum atomic E-state index is 10.2. The van der Waals surface area contributed by atoms with Crippen molar-refractivity contribution < 1.29 is 36.2 Å². The number of aliphatic hydroxyl groups is 2. The van der Waals surface area contributed by atoms with Crippen LogP contribution in [0, 0.1) is 0 Å². The summed E-state index contributed by atoms with van der Waals surface area (Å²) in [7, 11) is -9.68. The van der Waals surface area contributed by atoms with Gasteiger partial charge in [-0.2, -0.15) is 0 Å². The lowest BCUT2D eigenvalue weighted by Gasteiger charge is -2.17. The number of rotatable bonds is 6. The van der Waals surface area contributed by atoms with Gasteiger partial charge in [-0.15, -0.1) is 0 Å². The number of hydrogen-bond acceptors (Lipinski definition) is 8. The number of aliphatic hydroxyl groups excluding tert-OH is 2. The Labute approximate surface area is 87.0 Å². The summed E-state index contributed by atoms with van der Waals surface area (Å²) in [5.41, 5.74) is -4.31. The van der Waals surface area contributed by atoms with Crippen molar-refractivity contribution in [3.63, 3.8) is 0 Å². The van der Waals surface area contributed by atoms with E-state index in [9.17, 15) is 25.9 Å². The summed E-state index contributed by atoms with van der Waals surface area (Å²) in [5.74, 6) is 0. The van der Waals surface area contributed by atoms with Crippen molar-refractivity contribution in [2.24, 2.45) is 0 Å². The van der Waals surface area contributed by atoms with E-state index < -0.39 is 43.9 Å². The minimum Gasteiger partial charge on any atom is -0.746 e. The van der Waals surface area contributed by atoms with Gasteiger partial charge in [0.2, 0.25) is 0 Å². The minimum absolute atomic E-state index is 0.273. The molecule has 0 saturated carbocycles. The van der Waals surface area contributed by atoms with E-state index in [-0.39, 0.29) is 6.42 Å². The van der Waals surface area contributed by atoms with Gasteiger partial charge in [-0.25, -0.2) is 16.8 Å². The summed E-state index contributed by atoms with van der Waals surface area (Å²) in [6.07, 6.45) is -1.33. The smallest absolute Gasteiger partial charge is 0.143 e. The zero-order valence-electron chi connectivity index (χ0n) is 7.44. The molecule has 0 aromatic heterocycles. The lowest BCUT2D eigenvalue weighted by Crippen LogP contribution is -2.23. The van der Waals surface area contributed by atoms with E-state index in [4.69, 9.17) is 10.2 Å². The Morgan fingerprint density at radius 1 is 0.867 bits per heavy atom. The Morgan fingerprint density at radius 3 is 1.33 bits per heavy atom. The average molecular weight is 262 g/mol. The Bertz CT molecular complexity index is 343. The van der Waals surface area contributed by atoms with Crippen LogP contribution in [0.5, 0.6) is 0 Å². The normalized spacial score (nSPS) is 17.3. The molecular formula is C5H10O8S2-2. The third-order valence-corrected chi connectivity index (χ3v) is 3.37. The van der Waals surface area contributed by atoms with Crippen molar-refractivity contribution >= 4 is 20.2 Å². The van der Waals surface area contributed by atoms with Gasteiger partial charge in [0.25, 0.3) is 0 Å². The van der Waals surface area contributed by atoms with E-state index in [0.717, 1.165) is 0 Å². The first-order chi connectivity index (χ1) is 6.55. The van der Waals surface area contributed by atoms with Crippen molar-refractivity contribution in [3.05, 3.63) is 0 Å². The standard InChI is InChI=1S/C5H12O8S2/c6-4(14(8,9)10)2-1-3-5(7)15(11,12)13/h4-7H,1-3H2,(H,8,9,10)(H,11,12,13)/p-2/t4-,5-/m1/s1. The molecule has 8 nitrogen and oxygen atoms in total. The monoisotopic (exact) mass is 262 g/mol. The molecule has 0 aliphatic heterocycles. The first kappa shape index (κ1) is 14.7. The van der Waals surface area contributed by atoms with Gasteiger partial charge in [0, 0.05) is 0 Å². The zero-order valence-corrected chi connectivity index (χ0v) is 9.07. The van der Waals surface area contributed by atoms with E-state index in [1.54, 1.807) is 0 Å². The Balaban J connectivity index is 4.03. The predicted octanol–water partition coefficient (Wildman–Crippen LogP) is -2.12. The maximum Gasteiger partial charge on any atom is 0.143 e. The molecular weight excluding hydrogens is 252 g/mol. The van der Waals surface area contributed by atoms with Crippen LogP contribution >= 0.6 is 0 Å². The molecule has 92 valence electrons. The van der Waals surface area contributed by atoms with Crippen LogP contribution in [-0.4, -0.2) is 47.0 Å². The molecule has 0 unspecified atom stereocenters. The summed E-state index contributed by atoms with van der Waals surface area (Å²) in [4.78, 5) is 0. The Hall–Kier alpha value is -0.260. The maximum absolute atomic E-state index is 10.2. The van der Waals surface area contributed by atoms with Crippen LogP contribution < -0.4 is 0 Å². The predicted molar refractivity (Wildman–Crippen MR) is 45.3 cm³/mol. The van der Waals surface area contributed by atoms with Crippen molar-refractivity contribution in [1.29, 1.82) is 0 Å². The van der Waals surface area contributed by atoms with Crippen LogP contribution in [0.25, 0.3) is 0 Å². The molecule has 0 rings (SSSR count). The average Bonchev–Trinajstić information content (AvgIpc) is 2.00. The largest absolute Gasteiger partial charge is 0.746 e. The van der Waals surface area contributed by atoms with E-state index in [1.165, 1.54) is 0 Å². The Morgan fingerprint density at radius 2 is 1.13 bits per heavy atom. The van der Waals surface area contributed by atoms with E-state index in [1.807, 2.05) is 0 Å². The molecule has 0 heterocycles. The highest BCUT2D eigenvalue weighted by Crippen LogP contribution is 2.10. The molecule has 0 amide bonds. The third kappa shape index (κ3) is 6.02. The number of hydrogen-bond donors (Lipinski definition) is 2. The zero-order chi connectivity index (χ0) is 12.3. The van der Waals surface area contributed by atoms with Crippen LogP contribution in [0.15, 0.2) is 0 Å². The minimum atomic E-state index is -4.84. The Kier molecular flexibility index (Phi) is 5.09. The lowest BCUT2D eigenvalue weighted by molar-refractivity contribution is 0.192. The van der Waals surface area contributed by atoms with Crippen molar-refractivity contribution in [1.82, 2.24) is 0 Å². The highest BCUT2D eigenvalue weighted by atomic mass is 32.2. The molecule has 2 atom stereocenters. The van der Waals surface area contributed by atoms with Crippen molar-refractivity contribution in [2.45, 2.75) is 30.1 Å². The molecule has 0 saturated heterocycles. The fraction of sp³-hybridized carbons (Fsp3) is 1.00. The summed E-state index contributed by atoms with van der Waals surface area (Å²) in [6, 6.07) is 0. The van der Waals surface area contributed by atoms with Crippen LogP contribution in [0.3, 0.4) is 0 Å². The van der Waals surface area contributed by atoms with Gasteiger partial charge < -0.3 is 19.3 Å². The lowest BCUT2D eigenvalue weighted by atomic mass is 10.2. The van der Waals surface area contributed by atoms with E-state index in [0.29, 0.717) is 0 Å². The van der Waals surface area contributed by atoms with Crippen LogP contribution in [0.4, 0.5) is 0 Å². The van der Waals surface area contributed by atoms with Crippen molar-refractivity contribution in [2.75, 3.05) is 0 Å². The molecule has 10 heteroatoms. The summed E-state index contributed by atoms with van der Waals surface area (Å²) in [6.45, 7) is 0. The summed E-state index contributed by atoms with van der Waals surface area (Å²) >= 11 is 0. The molecule has 2 N–H and O–H groups in total. The second kappa shape index (κ2) is 5.18. The highest BCUT2D eigenvalue weighted by Gasteiger charge is 2.15. The van der Waals surface area contributed by atoms with Gasteiger partial charge in [0.15, 0.2) is 0 Å². The molecule has 0 radical (unpaired) electrons. The summed E-state index contributed by atoms with van der Waals surface area (Å²) < 4.78 is 60.9. The molecule has 0 aromatic carbocycles. The summed E-state index contributed by atoms with van der Waals surface area (Å²) in [5, 5.41) is 17.4.